The highest BCUT2D eigenvalue weighted by Gasteiger charge is 2.22. The van der Waals surface area contributed by atoms with Gasteiger partial charge in [0.05, 0.1) is 21.3 Å². The molecule has 1 N–H and O–H groups in total. The van der Waals surface area contributed by atoms with Gasteiger partial charge in [-0.15, -0.1) is 0 Å². The van der Waals surface area contributed by atoms with Crippen molar-refractivity contribution in [2.24, 2.45) is 0 Å². The first-order valence-corrected chi connectivity index (χ1v) is 5.66. The van der Waals surface area contributed by atoms with Crippen molar-refractivity contribution in [3.63, 3.8) is 0 Å². The average Bonchev–Trinajstić information content (AvgIpc) is 2.46. The molecule has 0 aromatic heterocycles. The quantitative estimate of drug-likeness (QED) is 0.810. The van der Waals surface area contributed by atoms with Crippen LogP contribution in [0.2, 0.25) is 0 Å². The Bertz CT molecular complexity index is 429. The van der Waals surface area contributed by atoms with Crippen LogP contribution in [0.5, 0.6) is 5.75 Å². The predicted octanol–water partition coefficient (Wildman–Crippen LogP) is 1.14. The van der Waals surface area contributed by atoms with Gasteiger partial charge in [0.15, 0.2) is 0 Å². The fourth-order valence-corrected chi connectivity index (χ4v) is 1.53. The van der Waals surface area contributed by atoms with Gasteiger partial charge in [0.2, 0.25) is 0 Å². The monoisotopic (exact) mass is 267 g/mol. The molecule has 1 aromatic rings. The molecule has 0 fully saturated rings. The summed E-state index contributed by atoms with van der Waals surface area (Å²) in [5.74, 6) is 0.195. The van der Waals surface area contributed by atoms with Crippen LogP contribution in [-0.2, 0) is 20.7 Å². The van der Waals surface area contributed by atoms with Crippen LogP contribution in [0.25, 0.3) is 0 Å². The number of esters is 1. The Morgan fingerprint density at radius 3 is 2.21 bits per heavy atom. The lowest BCUT2D eigenvalue weighted by Crippen LogP contribution is -2.42. The Labute approximate surface area is 111 Å². The summed E-state index contributed by atoms with van der Waals surface area (Å²) in [6, 6.07) is 6.40. The molecule has 19 heavy (non-hydrogen) atoms. The first-order valence-electron chi connectivity index (χ1n) is 5.66. The van der Waals surface area contributed by atoms with Crippen molar-refractivity contribution in [2.45, 2.75) is 12.5 Å². The Morgan fingerprint density at radius 2 is 1.74 bits per heavy atom. The maximum atomic E-state index is 11.6. The number of benzene rings is 1. The third-order valence-corrected chi connectivity index (χ3v) is 2.56. The van der Waals surface area contributed by atoms with Crippen molar-refractivity contribution < 1.29 is 23.8 Å². The molecule has 1 atom stereocenters. The summed E-state index contributed by atoms with van der Waals surface area (Å²) in [6.45, 7) is 0. The van der Waals surface area contributed by atoms with Gasteiger partial charge in [-0.2, -0.15) is 0 Å². The minimum atomic E-state index is -0.786. The second kappa shape index (κ2) is 7.25. The van der Waals surface area contributed by atoms with Gasteiger partial charge in [0.1, 0.15) is 11.8 Å². The van der Waals surface area contributed by atoms with Gasteiger partial charge >= 0.3 is 12.1 Å². The van der Waals surface area contributed by atoms with E-state index in [2.05, 4.69) is 14.8 Å². The lowest BCUT2D eigenvalue weighted by molar-refractivity contribution is -0.142. The maximum absolute atomic E-state index is 11.6. The summed E-state index contributed by atoms with van der Waals surface area (Å²) >= 11 is 0. The number of ether oxygens (including phenoxy) is 3. The molecule has 0 aliphatic heterocycles. The molecule has 1 aromatic carbocycles. The van der Waals surface area contributed by atoms with Gasteiger partial charge < -0.3 is 19.5 Å². The van der Waals surface area contributed by atoms with Crippen molar-refractivity contribution in [3.8, 4) is 5.75 Å². The molecule has 0 saturated heterocycles. The first kappa shape index (κ1) is 14.8. The lowest BCUT2D eigenvalue weighted by atomic mass is 10.1. The third kappa shape index (κ3) is 4.50. The maximum Gasteiger partial charge on any atom is 0.407 e. The van der Waals surface area contributed by atoms with E-state index in [-0.39, 0.29) is 0 Å². The van der Waals surface area contributed by atoms with Crippen molar-refractivity contribution in [1.29, 1.82) is 0 Å². The van der Waals surface area contributed by atoms with E-state index in [0.717, 1.165) is 11.3 Å². The van der Waals surface area contributed by atoms with Gasteiger partial charge in [-0.25, -0.2) is 9.59 Å². The predicted molar refractivity (Wildman–Crippen MR) is 68.0 cm³/mol. The van der Waals surface area contributed by atoms with Crippen LogP contribution in [0.4, 0.5) is 4.79 Å². The topological polar surface area (TPSA) is 73.9 Å². The van der Waals surface area contributed by atoms with Crippen LogP contribution in [0.15, 0.2) is 24.3 Å². The molecule has 0 aliphatic rings. The lowest BCUT2D eigenvalue weighted by Gasteiger charge is -2.15. The summed E-state index contributed by atoms with van der Waals surface area (Å²) in [4.78, 5) is 22.7. The van der Waals surface area contributed by atoms with Gasteiger partial charge in [0, 0.05) is 6.42 Å². The molecule has 0 unspecified atom stereocenters. The van der Waals surface area contributed by atoms with Crippen molar-refractivity contribution in [1.82, 2.24) is 5.32 Å². The number of amides is 1. The van der Waals surface area contributed by atoms with Gasteiger partial charge in [-0.05, 0) is 17.7 Å². The van der Waals surface area contributed by atoms with Crippen molar-refractivity contribution in [2.75, 3.05) is 21.3 Å². The number of hydrogen-bond donors (Lipinski definition) is 1. The number of methoxy groups -OCH3 is 3. The summed E-state index contributed by atoms with van der Waals surface area (Å²) in [7, 11) is 4.07. The van der Waals surface area contributed by atoms with Crippen molar-refractivity contribution in [3.05, 3.63) is 29.8 Å². The third-order valence-electron chi connectivity index (χ3n) is 2.56. The SMILES string of the molecule is COC(=O)N[C@H](Cc1ccc(OC)cc1)C(=O)OC. The smallest absolute Gasteiger partial charge is 0.407 e. The standard InChI is InChI=1S/C13H17NO5/c1-17-10-6-4-9(5-7-10)8-11(12(15)18-2)14-13(16)19-3/h4-7,11H,8H2,1-3H3,(H,14,16)/t11-/m1/s1. The molecular weight excluding hydrogens is 250 g/mol. The molecule has 6 nitrogen and oxygen atoms in total. The Morgan fingerprint density at radius 1 is 1.11 bits per heavy atom. The van der Waals surface area contributed by atoms with E-state index in [4.69, 9.17) is 4.74 Å². The zero-order valence-electron chi connectivity index (χ0n) is 11.1. The first-order chi connectivity index (χ1) is 9.10. The Kier molecular flexibility index (Phi) is 5.66. The van der Waals surface area contributed by atoms with Crippen LogP contribution in [-0.4, -0.2) is 39.4 Å². The highest BCUT2D eigenvalue weighted by molar-refractivity contribution is 5.81. The zero-order chi connectivity index (χ0) is 14.3. The molecule has 6 heteroatoms. The molecule has 104 valence electrons. The van der Waals surface area contributed by atoms with E-state index in [1.807, 2.05) is 12.1 Å². The number of nitrogens with one attached hydrogen (secondary N) is 1. The number of hydrogen-bond acceptors (Lipinski definition) is 5. The van der Waals surface area contributed by atoms with Gasteiger partial charge in [-0.1, -0.05) is 12.1 Å². The number of carbonyl (C=O) groups is 2. The summed E-state index contributed by atoms with van der Waals surface area (Å²) in [6.07, 6.45) is -0.366. The van der Waals surface area contributed by atoms with E-state index in [1.54, 1.807) is 19.2 Å². The summed E-state index contributed by atoms with van der Waals surface area (Å²) < 4.78 is 14.2. The van der Waals surface area contributed by atoms with E-state index < -0.39 is 18.1 Å². The molecule has 0 radical (unpaired) electrons. The Hall–Kier alpha value is -2.24. The molecule has 0 heterocycles. The fourth-order valence-electron chi connectivity index (χ4n) is 1.53. The fraction of sp³-hybridized carbons (Fsp3) is 0.385. The van der Waals surface area contributed by atoms with E-state index in [0.29, 0.717) is 6.42 Å². The molecule has 0 saturated carbocycles. The number of rotatable bonds is 5. The zero-order valence-corrected chi connectivity index (χ0v) is 11.1. The highest BCUT2D eigenvalue weighted by Crippen LogP contribution is 2.13. The largest absolute Gasteiger partial charge is 0.497 e. The van der Waals surface area contributed by atoms with Crippen LogP contribution in [0, 0.1) is 0 Å². The average molecular weight is 267 g/mol. The minimum absolute atomic E-state index is 0.311. The summed E-state index contributed by atoms with van der Waals surface area (Å²) in [5, 5.41) is 2.43. The van der Waals surface area contributed by atoms with E-state index in [1.165, 1.54) is 14.2 Å². The Balaban J connectivity index is 2.75. The van der Waals surface area contributed by atoms with Crippen LogP contribution < -0.4 is 10.1 Å². The van der Waals surface area contributed by atoms with Gasteiger partial charge in [0.25, 0.3) is 0 Å². The van der Waals surface area contributed by atoms with Crippen LogP contribution >= 0.6 is 0 Å². The molecule has 1 amide bonds. The summed E-state index contributed by atoms with van der Waals surface area (Å²) in [5.41, 5.74) is 0.868. The van der Waals surface area contributed by atoms with E-state index in [9.17, 15) is 9.59 Å². The van der Waals surface area contributed by atoms with E-state index >= 15 is 0 Å². The second-order valence-corrected chi connectivity index (χ2v) is 3.76. The number of carbonyl (C=O) groups excluding carboxylic acids is 2. The highest BCUT2D eigenvalue weighted by atomic mass is 16.5. The van der Waals surface area contributed by atoms with Crippen LogP contribution in [0.3, 0.4) is 0 Å². The van der Waals surface area contributed by atoms with Gasteiger partial charge in [-0.3, -0.25) is 0 Å². The molecule has 1 rings (SSSR count). The molecule has 0 bridgehead atoms. The van der Waals surface area contributed by atoms with Crippen molar-refractivity contribution >= 4 is 12.1 Å². The normalized spacial score (nSPS) is 11.3. The molecular formula is C13H17NO5. The molecule has 0 spiro atoms. The second-order valence-electron chi connectivity index (χ2n) is 3.76. The minimum Gasteiger partial charge on any atom is -0.497 e. The number of alkyl carbamates (subject to hydrolysis) is 1. The molecule has 0 aliphatic carbocycles. The van der Waals surface area contributed by atoms with Crippen LogP contribution in [0.1, 0.15) is 5.56 Å².